The van der Waals surface area contributed by atoms with Crippen molar-refractivity contribution in [1.29, 1.82) is 0 Å². The molecule has 0 aromatic heterocycles. The van der Waals surface area contributed by atoms with Gasteiger partial charge in [-0.3, -0.25) is 0 Å². The normalized spacial score (nSPS) is 16.0. The van der Waals surface area contributed by atoms with Crippen molar-refractivity contribution in [3.63, 3.8) is 0 Å². The fourth-order valence-electron chi connectivity index (χ4n) is 2.76. The minimum Gasteiger partial charge on any atom is -0.515 e. The Labute approximate surface area is 308 Å². The summed E-state index contributed by atoms with van der Waals surface area (Å²) < 4.78 is 0.431. The number of rotatable bonds is 17. The Kier molecular flexibility index (Phi) is 40.8. The van der Waals surface area contributed by atoms with Crippen molar-refractivity contribution >= 4 is 308 Å². The van der Waals surface area contributed by atoms with Gasteiger partial charge in [0.2, 0.25) is 0 Å². The van der Waals surface area contributed by atoms with E-state index in [1.54, 1.807) is 0 Å². The summed E-state index contributed by atoms with van der Waals surface area (Å²) in [5.41, 5.74) is 0. The van der Waals surface area contributed by atoms with Crippen LogP contribution in [0.1, 0.15) is 0 Å². The predicted octanol–water partition coefficient (Wildman–Crippen LogP) is 21.5. The summed E-state index contributed by atoms with van der Waals surface area (Å²) in [6, 6.07) is 0. The smallest absolute Gasteiger partial charge is 0.0829 e. The van der Waals surface area contributed by atoms with Crippen LogP contribution in [0.15, 0.2) is 0 Å². The molecular weight excluding hydrogens is 1190 g/mol. The van der Waals surface area contributed by atoms with Crippen LogP contribution in [0.4, 0.5) is 0 Å². The van der Waals surface area contributed by atoms with E-state index in [4.69, 9.17) is 0 Å². The van der Waals surface area contributed by atoms with E-state index in [2.05, 4.69) is 187 Å². The van der Waals surface area contributed by atoms with Crippen molar-refractivity contribution < 1.29 is 0 Å². The van der Waals surface area contributed by atoms with Crippen molar-refractivity contribution in [2.24, 2.45) is 0 Å². The lowest BCUT2D eigenvalue weighted by molar-refractivity contribution is 1.87. The Hall–Kier alpha value is 16.3. The maximum absolute atomic E-state index is 4.63. The summed E-state index contributed by atoms with van der Waals surface area (Å²) in [6.45, 7) is -2.86. The highest BCUT2D eigenvalue weighted by Crippen LogP contribution is 3.36. The van der Waals surface area contributed by atoms with Gasteiger partial charge in [-0.2, -0.15) is 0 Å². The van der Waals surface area contributed by atoms with Crippen LogP contribution in [0.3, 0.4) is 0 Å². The molecule has 0 spiro atoms. The van der Waals surface area contributed by atoms with Crippen LogP contribution >= 0.6 is 308 Å². The van der Waals surface area contributed by atoms with Crippen LogP contribution in [0.25, 0.3) is 0 Å². The van der Waals surface area contributed by atoms with Gasteiger partial charge in [-0.15, -0.1) is 179 Å². The van der Waals surface area contributed by atoms with Crippen molar-refractivity contribution in [2.75, 3.05) is 0 Å². The van der Waals surface area contributed by atoms with Crippen molar-refractivity contribution in [2.45, 2.75) is 4.38 Å². The minimum atomic E-state index is -0.294. The predicted molar refractivity (Wildman–Crippen MR) is 323 cm³/mol. The summed E-state index contributed by atoms with van der Waals surface area (Å²) >= 11 is 0. The molecule has 0 bridgehead atoms. The highest BCUT2D eigenvalue weighted by molar-refractivity contribution is 9.28. The van der Waals surface area contributed by atoms with Gasteiger partial charge in [-0.25, -0.2) is 6.99 Å². The second-order valence-electron chi connectivity index (χ2n) is 6.38. The molecule has 0 aromatic rings. The lowest BCUT2D eigenvalue weighted by Gasteiger charge is -2.66. The molecule has 0 aliphatic rings. The molecule has 0 aliphatic heterocycles. The van der Waals surface area contributed by atoms with E-state index in [0.717, 1.165) is 0 Å². The van der Waals surface area contributed by atoms with Crippen molar-refractivity contribution in [3.8, 4) is 0 Å². The van der Waals surface area contributed by atoms with E-state index in [1.807, 2.05) is 0 Å². The van der Waals surface area contributed by atoms with Crippen LogP contribution in [0.2, 0.25) is 0 Å². The summed E-state index contributed by atoms with van der Waals surface area (Å²) in [6.07, 6.45) is 0. The standard InChI is InChI=1S/CH41P38/c2-27(3)23(28(4)5)1(24(29(6)7)30(8)9,25(31(10)11)37(22)32(12)13)26(38(33(14)15)34(16)17)39(35(18)19)36(20)21/h22H,2-21H2/q-1. The molecule has 22 atom stereocenters. The van der Waals surface area contributed by atoms with Gasteiger partial charge in [0, 0.05) is 0 Å². The largest absolute Gasteiger partial charge is 0.515 e. The Morgan fingerprint density at radius 3 is 0.667 bits per heavy atom. The Morgan fingerprint density at radius 1 is 0.282 bits per heavy atom. The Bertz CT molecular complexity index is 578. The van der Waals surface area contributed by atoms with Gasteiger partial charge in [0.15, 0.2) is 0 Å². The summed E-state index contributed by atoms with van der Waals surface area (Å²) in [4.78, 5) is 0. The topological polar surface area (TPSA) is 0 Å². The van der Waals surface area contributed by atoms with Crippen LogP contribution in [0.5, 0.6) is 0 Å². The zero-order chi connectivity index (χ0) is 31.3. The van der Waals surface area contributed by atoms with E-state index in [9.17, 15) is 0 Å². The Balaban J connectivity index is 8.86. The molecule has 0 saturated heterocycles. The zero-order valence-corrected chi connectivity index (χ0v) is 59.4. The molecule has 39 heavy (non-hydrogen) atoms. The molecule has 0 rings (SSSR count). The molecule has 22 unspecified atom stereocenters. The first-order chi connectivity index (χ1) is 17.6. The zero-order valence-electron chi connectivity index (χ0n) is 20.1. The third-order valence-electron chi connectivity index (χ3n) is 3.73. The van der Waals surface area contributed by atoms with Crippen LogP contribution < -0.4 is 0 Å². The second kappa shape index (κ2) is 28.7. The van der Waals surface area contributed by atoms with Gasteiger partial charge >= 0.3 is 0 Å². The lowest BCUT2D eigenvalue weighted by Crippen LogP contribution is -2.12. The van der Waals surface area contributed by atoms with Gasteiger partial charge in [0.05, 0.1) is 4.38 Å². The first-order valence-electron chi connectivity index (χ1n) is 8.88. The van der Waals surface area contributed by atoms with E-state index < -0.39 is 0 Å². The SMILES string of the molecule is [PH-]P(P(P)P)P(P(P)P)C(P(P(P)P)P(P)P)(P(P(P)P)P(P)P)P(P(P(P)P)P(P)P)P(P(P)P)P(P)P. The van der Waals surface area contributed by atoms with Gasteiger partial charge in [0.25, 0.3) is 0 Å². The molecule has 0 N–H and O–H groups in total. The van der Waals surface area contributed by atoms with Gasteiger partial charge < -0.3 is 8.93 Å². The van der Waals surface area contributed by atoms with Crippen molar-refractivity contribution in [1.82, 2.24) is 0 Å². The van der Waals surface area contributed by atoms with Gasteiger partial charge in [0.1, 0.15) is 0 Å². The molecule has 0 heterocycles. The summed E-state index contributed by atoms with van der Waals surface area (Å²) in [5.74, 6) is 0. The van der Waals surface area contributed by atoms with Crippen molar-refractivity contribution in [3.05, 3.63) is 0 Å². The molecule has 0 radical (unpaired) electrons. The molecule has 0 fully saturated rings. The van der Waals surface area contributed by atoms with E-state index in [0.29, 0.717) is 4.38 Å². The number of hydrogen-bond acceptors (Lipinski definition) is 0. The first kappa shape index (κ1) is 55.3. The highest BCUT2D eigenvalue weighted by atomic mass is 33.3. The minimum absolute atomic E-state index is 0.155. The molecule has 236 valence electrons. The van der Waals surface area contributed by atoms with Gasteiger partial charge in [-0.1, -0.05) is 14.3 Å². The quantitative estimate of drug-likeness (QED) is 0.127. The first-order valence-corrected chi connectivity index (χ1v) is 74.6. The van der Waals surface area contributed by atoms with Crippen LogP contribution in [0, 0.1) is 0 Å². The van der Waals surface area contributed by atoms with E-state index in [-0.39, 0.29) is 120 Å². The lowest BCUT2D eigenvalue weighted by atomic mass is 11.8. The Morgan fingerprint density at radius 2 is 0.513 bits per heavy atom. The van der Waals surface area contributed by atoms with Gasteiger partial charge in [-0.05, 0) is 98.8 Å². The fraction of sp³-hybridized carbons (Fsp3) is 1.00. The molecule has 38 heteroatoms. The maximum Gasteiger partial charge on any atom is 0.0829 e. The molecule has 0 amide bonds. The number of hydrogen-bond donors (Lipinski definition) is 0. The second-order valence-corrected chi connectivity index (χ2v) is 147. The molecular formula is CH41P38-. The summed E-state index contributed by atoms with van der Waals surface area (Å²) in [5, 5.41) is 0. The van der Waals surface area contributed by atoms with Crippen LogP contribution in [-0.2, 0) is 0 Å². The maximum atomic E-state index is 4.63. The van der Waals surface area contributed by atoms with E-state index >= 15 is 0 Å². The summed E-state index contributed by atoms with van der Waals surface area (Å²) in [7, 11) is 71.4. The molecule has 0 aromatic carbocycles. The third kappa shape index (κ3) is 17.5. The van der Waals surface area contributed by atoms with E-state index in [1.165, 1.54) is 0 Å². The fourth-order valence-corrected chi connectivity index (χ4v) is 365. The third-order valence-corrected chi connectivity index (χ3v) is 198. The average molecular weight is 1230 g/mol. The highest BCUT2D eigenvalue weighted by Gasteiger charge is 2.65. The monoisotopic (exact) mass is 1230 g/mol. The molecule has 0 nitrogen and oxygen atoms in total. The van der Waals surface area contributed by atoms with Crippen LogP contribution in [-0.4, -0.2) is 4.38 Å². The average Bonchev–Trinajstić information content (AvgIpc) is 2.70. The molecule has 0 saturated carbocycles. The molecule has 0 aliphatic carbocycles.